The summed E-state index contributed by atoms with van der Waals surface area (Å²) in [6.45, 7) is 3.19. The Labute approximate surface area is 158 Å². The largest absolute Gasteiger partial charge is 0.363 e. The summed E-state index contributed by atoms with van der Waals surface area (Å²) in [5.41, 5.74) is 1.36. The van der Waals surface area contributed by atoms with Crippen LogP contribution in [0.3, 0.4) is 0 Å². The molecule has 0 saturated carbocycles. The molecule has 25 heavy (non-hydrogen) atoms. The number of halogens is 1. The zero-order valence-electron chi connectivity index (χ0n) is 15.2. The van der Waals surface area contributed by atoms with Crippen LogP contribution in [0, 0.1) is 0 Å². The van der Waals surface area contributed by atoms with Crippen molar-refractivity contribution in [1.82, 2.24) is 14.9 Å². The van der Waals surface area contributed by atoms with E-state index in [1.807, 2.05) is 31.3 Å². The van der Waals surface area contributed by atoms with Crippen LogP contribution in [0.2, 0.25) is 0 Å². The molecule has 0 spiro atoms. The fraction of sp³-hybridized carbons (Fsp3) is 0.474. The Morgan fingerprint density at radius 2 is 1.92 bits per heavy atom. The van der Waals surface area contributed by atoms with Crippen LogP contribution >= 0.6 is 15.9 Å². The molecular weight excluding hydrogens is 378 g/mol. The molecule has 5 nitrogen and oxygen atoms in total. The standard InChI is InChI=1S/C19H26BrN5/c1-23(2)18-10-11-21-19(22-18)24(3)17-5-4-12-25(14-17)13-15-6-8-16(20)9-7-15/h6-11,17H,4-5,12-14H2,1-3H3. The fourth-order valence-corrected chi connectivity index (χ4v) is 3.52. The quantitative estimate of drug-likeness (QED) is 0.764. The van der Waals surface area contributed by atoms with Crippen molar-refractivity contribution in [1.29, 1.82) is 0 Å². The van der Waals surface area contributed by atoms with Crippen molar-refractivity contribution in [3.63, 3.8) is 0 Å². The van der Waals surface area contributed by atoms with Crippen LogP contribution in [0.1, 0.15) is 18.4 Å². The van der Waals surface area contributed by atoms with E-state index in [1.54, 1.807) is 0 Å². The van der Waals surface area contributed by atoms with Gasteiger partial charge < -0.3 is 9.80 Å². The number of rotatable bonds is 5. The van der Waals surface area contributed by atoms with Crippen LogP contribution in [0.5, 0.6) is 0 Å². The van der Waals surface area contributed by atoms with E-state index in [2.05, 4.69) is 67.0 Å². The molecule has 1 aromatic carbocycles. The molecule has 1 atom stereocenters. The Balaban J connectivity index is 1.66. The van der Waals surface area contributed by atoms with Gasteiger partial charge in [0.2, 0.25) is 5.95 Å². The second-order valence-corrected chi connectivity index (χ2v) is 7.79. The van der Waals surface area contributed by atoms with Gasteiger partial charge in [-0.15, -0.1) is 0 Å². The Bertz CT molecular complexity index is 688. The highest BCUT2D eigenvalue weighted by atomic mass is 79.9. The number of piperidine rings is 1. The van der Waals surface area contributed by atoms with Gasteiger partial charge in [0.05, 0.1) is 0 Å². The molecular formula is C19H26BrN5. The van der Waals surface area contributed by atoms with E-state index >= 15 is 0 Å². The number of aromatic nitrogens is 2. The van der Waals surface area contributed by atoms with Gasteiger partial charge >= 0.3 is 0 Å². The highest BCUT2D eigenvalue weighted by Crippen LogP contribution is 2.22. The number of anilines is 2. The monoisotopic (exact) mass is 403 g/mol. The molecule has 0 aliphatic carbocycles. The van der Waals surface area contributed by atoms with Crippen LogP contribution in [0.25, 0.3) is 0 Å². The Kier molecular flexibility index (Phi) is 5.91. The molecule has 0 bridgehead atoms. The first-order valence-corrected chi connectivity index (χ1v) is 9.52. The number of hydrogen-bond acceptors (Lipinski definition) is 5. The third-order valence-corrected chi connectivity index (χ3v) is 5.28. The molecule has 2 heterocycles. The first-order chi connectivity index (χ1) is 12.0. The van der Waals surface area contributed by atoms with Crippen molar-refractivity contribution in [2.45, 2.75) is 25.4 Å². The molecule has 1 saturated heterocycles. The van der Waals surface area contributed by atoms with E-state index in [-0.39, 0.29) is 0 Å². The topological polar surface area (TPSA) is 35.5 Å². The number of hydrogen-bond donors (Lipinski definition) is 0. The Morgan fingerprint density at radius 1 is 1.16 bits per heavy atom. The lowest BCUT2D eigenvalue weighted by molar-refractivity contribution is 0.198. The molecule has 0 radical (unpaired) electrons. The van der Waals surface area contributed by atoms with E-state index in [0.29, 0.717) is 6.04 Å². The minimum absolute atomic E-state index is 0.446. The van der Waals surface area contributed by atoms with E-state index < -0.39 is 0 Å². The molecule has 0 N–H and O–H groups in total. The number of likely N-dealkylation sites (N-methyl/N-ethyl adjacent to an activating group) is 1. The number of nitrogens with zero attached hydrogens (tertiary/aromatic N) is 5. The minimum Gasteiger partial charge on any atom is -0.363 e. The predicted octanol–water partition coefficient (Wildman–Crippen LogP) is 3.41. The van der Waals surface area contributed by atoms with Crippen molar-refractivity contribution < 1.29 is 0 Å². The van der Waals surface area contributed by atoms with Gasteiger partial charge in [0.15, 0.2) is 0 Å². The van der Waals surface area contributed by atoms with Gasteiger partial charge in [-0.25, -0.2) is 4.98 Å². The molecule has 134 valence electrons. The maximum absolute atomic E-state index is 4.68. The van der Waals surface area contributed by atoms with Crippen molar-refractivity contribution in [3.05, 3.63) is 46.6 Å². The zero-order valence-corrected chi connectivity index (χ0v) is 16.8. The van der Waals surface area contributed by atoms with Gasteiger partial charge in [0.1, 0.15) is 5.82 Å². The van der Waals surface area contributed by atoms with Crippen molar-refractivity contribution in [2.75, 3.05) is 44.0 Å². The van der Waals surface area contributed by atoms with Gasteiger partial charge in [-0.05, 0) is 43.1 Å². The molecule has 2 aromatic rings. The second kappa shape index (κ2) is 8.15. The third-order valence-electron chi connectivity index (χ3n) is 4.75. The minimum atomic E-state index is 0.446. The fourth-order valence-electron chi connectivity index (χ4n) is 3.26. The lowest BCUT2D eigenvalue weighted by Gasteiger charge is -2.37. The van der Waals surface area contributed by atoms with Crippen LogP contribution in [0.4, 0.5) is 11.8 Å². The summed E-state index contributed by atoms with van der Waals surface area (Å²) in [4.78, 5) is 15.9. The molecule has 1 unspecified atom stereocenters. The van der Waals surface area contributed by atoms with Gasteiger partial charge in [0, 0.05) is 50.9 Å². The van der Waals surface area contributed by atoms with E-state index in [9.17, 15) is 0 Å². The average molecular weight is 404 g/mol. The van der Waals surface area contributed by atoms with Crippen LogP contribution in [-0.4, -0.2) is 55.1 Å². The normalized spacial score (nSPS) is 18.2. The summed E-state index contributed by atoms with van der Waals surface area (Å²) in [5, 5.41) is 0. The number of likely N-dealkylation sites (tertiary alicyclic amines) is 1. The van der Waals surface area contributed by atoms with Crippen LogP contribution < -0.4 is 9.80 Å². The van der Waals surface area contributed by atoms with Crippen LogP contribution in [-0.2, 0) is 6.54 Å². The summed E-state index contributed by atoms with van der Waals surface area (Å²) in [5.74, 6) is 1.75. The summed E-state index contributed by atoms with van der Waals surface area (Å²) in [6.07, 6.45) is 4.23. The summed E-state index contributed by atoms with van der Waals surface area (Å²) in [7, 11) is 6.13. The SMILES string of the molecule is CN(C)c1ccnc(N(C)C2CCCN(Cc3ccc(Br)cc3)C2)n1. The zero-order chi connectivity index (χ0) is 17.8. The predicted molar refractivity (Wildman–Crippen MR) is 107 cm³/mol. The van der Waals surface area contributed by atoms with Gasteiger partial charge in [-0.1, -0.05) is 28.1 Å². The molecule has 6 heteroatoms. The highest BCUT2D eigenvalue weighted by molar-refractivity contribution is 9.10. The lowest BCUT2D eigenvalue weighted by atomic mass is 10.0. The van der Waals surface area contributed by atoms with Gasteiger partial charge in [0.25, 0.3) is 0 Å². The molecule has 0 amide bonds. The molecule has 1 aromatic heterocycles. The maximum atomic E-state index is 4.68. The summed E-state index contributed by atoms with van der Waals surface area (Å²) >= 11 is 3.50. The van der Waals surface area contributed by atoms with Crippen molar-refractivity contribution in [2.24, 2.45) is 0 Å². The average Bonchev–Trinajstić information content (AvgIpc) is 2.63. The lowest BCUT2D eigenvalue weighted by Crippen LogP contribution is -2.46. The van der Waals surface area contributed by atoms with Crippen molar-refractivity contribution >= 4 is 27.7 Å². The Morgan fingerprint density at radius 3 is 2.64 bits per heavy atom. The van der Waals surface area contributed by atoms with E-state index in [4.69, 9.17) is 0 Å². The smallest absolute Gasteiger partial charge is 0.227 e. The first kappa shape index (κ1) is 18.1. The van der Waals surface area contributed by atoms with Gasteiger partial charge in [-0.3, -0.25) is 4.90 Å². The molecule has 1 aliphatic rings. The second-order valence-electron chi connectivity index (χ2n) is 6.88. The molecule has 1 aliphatic heterocycles. The van der Waals surface area contributed by atoms with E-state index in [0.717, 1.165) is 35.9 Å². The third kappa shape index (κ3) is 4.70. The van der Waals surface area contributed by atoms with Crippen LogP contribution in [0.15, 0.2) is 41.0 Å². The van der Waals surface area contributed by atoms with Crippen molar-refractivity contribution in [3.8, 4) is 0 Å². The highest BCUT2D eigenvalue weighted by Gasteiger charge is 2.25. The molecule has 1 fully saturated rings. The van der Waals surface area contributed by atoms with E-state index in [1.165, 1.54) is 18.4 Å². The molecule has 3 rings (SSSR count). The number of benzene rings is 1. The summed E-state index contributed by atoms with van der Waals surface area (Å²) < 4.78 is 1.13. The summed E-state index contributed by atoms with van der Waals surface area (Å²) in [6, 6.07) is 11.0. The van der Waals surface area contributed by atoms with Gasteiger partial charge in [-0.2, -0.15) is 4.98 Å². The first-order valence-electron chi connectivity index (χ1n) is 8.73. The Hall–Kier alpha value is -1.66. The maximum Gasteiger partial charge on any atom is 0.227 e.